The van der Waals surface area contributed by atoms with Crippen molar-refractivity contribution in [2.75, 3.05) is 6.61 Å². The smallest absolute Gasteiger partial charge is 0.178 e. The third-order valence-electron chi connectivity index (χ3n) is 3.43. The molecule has 1 aromatic heterocycles. The maximum absolute atomic E-state index is 13.5. The number of aromatic nitrogens is 2. The van der Waals surface area contributed by atoms with Gasteiger partial charge in [-0.15, -0.1) is 0 Å². The van der Waals surface area contributed by atoms with Gasteiger partial charge in [-0.1, -0.05) is 0 Å². The number of nitrogens with one attached hydrogen (secondary N) is 1. The Kier molecular flexibility index (Phi) is 3.03. The summed E-state index contributed by atoms with van der Waals surface area (Å²) in [5.41, 5.74) is 1.63. The first kappa shape index (κ1) is 12.3. The van der Waals surface area contributed by atoms with E-state index >= 15 is 0 Å². The van der Waals surface area contributed by atoms with Crippen LogP contribution in [-0.4, -0.2) is 22.3 Å². The highest BCUT2D eigenvalue weighted by molar-refractivity contribution is 9.10. The van der Waals surface area contributed by atoms with Crippen LogP contribution in [0.25, 0.3) is 11.0 Å². The molecule has 0 radical (unpaired) electrons. The first-order valence-electron chi connectivity index (χ1n) is 5.79. The standard InChI is InChI=1S/C12H12BrFN2OS/c1-6-10(2-3-17-6)16-11-4-7(13)8(14)5-9(11)15-12(16)18/h4-6,10H,2-3H2,1H3,(H,15,18). The summed E-state index contributed by atoms with van der Waals surface area (Å²) in [7, 11) is 0. The Hall–Kier alpha value is -0.720. The highest BCUT2D eigenvalue weighted by Crippen LogP contribution is 2.31. The van der Waals surface area contributed by atoms with Crippen molar-refractivity contribution >= 4 is 39.2 Å². The minimum absolute atomic E-state index is 0.125. The first-order chi connectivity index (χ1) is 8.58. The van der Waals surface area contributed by atoms with Crippen molar-refractivity contribution in [3.8, 4) is 0 Å². The molecule has 2 heterocycles. The van der Waals surface area contributed by atoms with Crippen LogP contribution in [0.4, 0.5) is 4.39 Å². The van der Waals surface area contributed by atoms with Crippen molar-refractivity contribution in [2.24, 2.45) is 0 Å². The van der Waals surface area contributed by atoms with Gasteiger partial charge in [-0.2, -0.15) is 0 Å². The average Bonchev–Trinajstić information content (AvgIpc) is 2.83. The second-order valence-corrected chi connectivity index (χ2v) is 5.76. The van der Waals surface area contributed by atoms with Gasteiger partial charge >= 0.3 is 0 Å². The lowest BCUT2D eigenvalue weighted by Crippen LogP contribution is -2.16. The number of hydrogen-bond donors (Lipinski definition) is 1. The van der Waals surface area contributed by atoms with E-state index in [4.69, 9.17) is 17.0 Å². The fourth-order valence-corrected chi connectivity index (χ4v) is 3.18. The Morgan fingerprint density at radius 1 is 1.56 bits per heavy atom. The molecule has 1 aliphatic rings. The minimum atomic E-state index is -0.290. The molecule has 3 rings (SSSR count). The molecule has 0 aliphatic carbocycles. The molecule has 1 aliphatic heterocycles. The van der Waals surface area contributed by atoms with Gasteiger partial charge in [0.25, 0.3) is 0 Å². The fraction of sp³-hybridized carbons (Fsp3) is 0.417. The topological polar surface area (TPSA) is 29.9 Å². The number of nitrogens with zero attached hydrogens (tertiary/aromatic N) is 1. The molecule has 3 nitrogen and oxygen atoms in total. The predicted octanol–water partition coefficient (Wildman–Crippen LogP) is 3.95. The molecule has 96 valence electrons. The van der Waals surface area contributed by atoms with Crippen LogP contribution in [0, 0.1) is 10.6 Å². The second-order valence-electron chi connectivity index (χ2n) is 4.52. The van der Waals surface area contributed by atoms with E-state index in [9.17, 15) is 4.39 Å². The van der Waals surface area contributed by atoms with Gasteiger partial charge in [-0.05, 0) is 47.6 Å². The molecule has 1 aromatic carbocycles. The zero-order chi connectivity index (χ0) is 12.9. The maximum Gasteiger partial charge on any atom is 0.178 e. The molecule has 0 bridgehead atoms. The van der Waals surface area contributed by atoms with Crippen molar-refractivity contribution < 1.29 is 9.13 Å². The lowest BCUT2D eigenvalue weighted by atomic mass is 10.1. The Morgan fingerprint density at radius 3 is 3.00 bits per heavy atom. The van der Waals surface area contributed by atoms with Crippen LogP contribution >= 0.6 is 28.1 Å². The molecule has 1 saturated heterocycles. The number of benzene rings is 1. The van der Waals surface area contributed by atoms with Crippen molar-refractivity contribution in [2.45, 2.75) is 25.5 Å². The number of halogens is 2. The number of rotatable bonds is 1. The van der Waals surface area contributed by atoms with Gasteiger partial charge in [0.1, 0.15) is 5.82 Å². The summed E-state index contributed by atoms with van der Waals surface area (Å²) >= 11 is 8.56. The molecule has 2 aromatic rings. The lowest BCUT2D eigenvalue weighted by molar-refractivity contribution is 0.108. The van der Waals surface area contributed by atoms with E-state index in [2.05, 4.69) is 20.9 Å². The molecular formula is C12H12BrFN2OS. The normalized spacial score (nSPS) is 23.9. The number of ether oxygens (including phenoxy) is 1. The monoisotopic (exact) mass is 330 g/mol. The average molecular weight is 331 g/mol. The molecule has 6 heteroatoms. The van der Waals surface area contributed by atoms with E-state index in [1.165, 1.54) is 6.07 Å². The molecule has 2 atom stereocenters. The third kappa shape index (κ3) is 1.83. The van der Waals surface area contributed by atoms with Crippen molar-refractivity contribution in [3.63, 3.8) is 0 Å². The summed E-state index contributed by atoms with van der Waals surface area (Å²) in [4.78, 5) is 3.05. The minimum Gasteiger partial charge on any atom is -0.376 e. The van der Waals surface area contributed by atoms with E-state index < -0.39 is 0 Å². The number of aromatic amines is 1. The summed E-state index contributed by atoms with van der Waals surface area (Å²) in [6, 6.07) is 3.44. The van der Waals surface area contributed by atoms with Gasteiger partial charge in [0.05, 0.1) is 27.7 Å². The van der Waals surface area contributed by atoms with Gasteiger partial charge in [0.2, 0.25) is 0 Å². The Bertz CT molecular complexity index is 666. The summed E-state index contributed by atoms with van der Waals surface area (Å²) in [5.74, 6) is -0.290. The van der Waals surface area contributed by atoms with Gasteiger partial charge in [0, 0.05) is 12.7 Å². The molecule has 0 saturated carbocycles. The van der Waals surface area contributed by atoms with Crippen LogP contribution in [0.2, 0.25) is 0 Å². The molecule has 0 amide bonds. The molecule has 0 spiro atoms. The maximum atomic E-state index is 13.5. The number of fused-ring (bicyclic) bond motifs is 1. The number of hydrogen-bond acceptors (Lipinski definition) is 2. The summed E-state index contributed by atoms with van der Waals surface area (Å²) in [6.45, 7) is 2.78. The third-order valence-corrected chi connectivity index (χ3v) is 4.33. The van der Waals surface area contributed by atoms with Gasteiger partial charge < -0.3 is 14.3 Å². The molecular weight excluding hydrogens is 319 g/mol. The predicted molar refractivity (Wildman–Crippen MR) is 73.8 cm³/mol. The quantitative estimate of drug-likeness (QED) is 0.802. The van der Waals surface area contributed by atoms with Crippen LogP contribution in [0.15, 0.2) is 16.6 Å². The number of imidazole rings is 1. The highest BCUT2D eigenvalue weighted by atomic mass is 79.9. The van der Waals surface area contributed by atoms with E-state index in [0.717, 1.165) is 24.1 Å². The Labute approximate surface area is 117 Å². The Balaban J connectivity index is 2.25. The van der Waals surface area contributed by atoms with Gasteiger partial charge in [0.15, 0.2) is 4.77 Å². The zero-order valence-corrected chi connectivity index (χ0v) is 12.1. The first-order valence-corrected chi connectivity index (χ1v) is 6.99. The van der Waals surface area contributed by atoms with Crippen molar-refractivity contribution in [1.82, 2.24) is 9.55 Å². The fourth-order valence-electron chi connectivity index (χ4n) is 2.51. The molecule has 18 heavy (non-hydrogen) atoms. The largest absolute Gasteiger partial charge is 0.376 e. The van der Waals surface area contributed by atoms with Crippen LogP contribution in [0.5, 0.6) is 0 Å². The van der Waals surface area contributed by atoms with Crippen molar-refractivity contribution in [1.29, 1.82) is 0 Å². The van der Waals surface area contributed by atoms with Gasteiger partial charge in [-0.3, -0.25) is 0 Å². The summed E-state index contributed by atoms with van der Waals surface area (Å²) in [6.07, 6.45) is 1.05. The van der Waals surface area contributed by atoms with E-state index in [1.54, 1.807) is 6.07 Å². The van der Waals surface area contributed by atoms with E-state index in [-0.39, 0.29) is 18.0 Å². The second kappa shape index (κ2) is 4.43. The van der Waals surface area contributed by atoms with Crippen LogP contribution in [0.1, 0.15) is 19.4 Å². The zero-order valence-electron chi connectivity index (χ0n) is 9.74. The van der Waals surface area contributed by atoms with Crippen LogP contribution < -0.4 is 0 Å². The van der Waals surface area contributed by atoms with Crippen molar-refractivity contribution in [3.05, 3.63) is 27.2 Å². The lowest BCUT2D eigenvalue weighted by Gasteiger charge is -2.16. The van der Waals surface area contributed by atoms with Crippen LogP contribution in [-0.2, 0) is 4.74 Å². The van der Waals surface area contributed by atoms with E-state index in [1.807, 2.05) is 11.5 Å². The number of H-pyrrole nitrogens is 1. The molecule has 1 fully saturated rings. The Morgan fingerprint density at radius 2 is 2.33 bits per heavy atom. The summed E-state index contributed by atoms with van der Waals surface area (Å²) in [5, 5.41) is 0. The molecule has 1 N–H and O–H groups in total. The van der Waals surface area contributed by atoms with Gasteiger partial charge in [-0.25, -0.2) is 4.39 Å². The summed E-state index contributed by atoms with van der Waals surface area (Å²) < 4.78 is 22.2. The van der Waals surface area contributed by atoms with Crippen LogP contribution in [0.3, 0.4) is 0 Å². The van der Waals surface area contributed by atoms with E-state index in [0.29, 0.717) is 9.24 Å². The SMILES string of the molecule is CC1OCCC1n1c(=S)[nH]c2cc(F)c(Br)cc21. The highest BCUT2D eigenvalue weighted by Gasteiger charge is 2.28. The molecule has 2 unspecified atom stereocenters.